The first-order valence-electron chi connectivity index (χ1n) is 13.5. The number of anilines is 2. The summed E-state index contributed by atoms with van der Waals surface area (Å²) in [6, 6.07) is 22.0. The van der Waals surface area contributed by atoms with Gasteiger partial charge in [0.15, 0.2) is 0 Å². The standard InChI is InChI=1S/C27H39N2.C6H6O.Cu/c1-18(2)22-11-9-12-23(19(3)4)26(22)28-15-16-29(17-28)27-24(20(5)6)13-10-14-25(27)21(7)8;7-6-4-2-1-3-5-6;/h9-14,17-21H,15-16H2,1-8H3;1-5,7H;/q;;+1/p-1. The third-order valence-electron chi connectivity index (χ3n) is 6.86. The summed E-state index contributed by atoms with van der Waals surface area (Å²) in [6.07, 6.45) is 0. The van der Waals surface area contributed by atoms with Crippen molar-refractivity contribution in [1.82, 2.24) is 0 Å². The molecule has 0 bridgehead atoms. The van der Waals surface area contributed by atoms with Gasteiger partial charge in [0, 0.05) is 24.5 Å². The topological polar surface area (TPSA) is 29.5 Å². The fourth-order valence-electron chi connectivity index (χ4n) is 4.95. The van der Waals surface area contributed by atoms with Gasteiger partial charge >= 0.3 is 17.1 Å². The van der Waals surface area contributed by atoms with Gasteiger partial charge in [0.25, 0.3) is 0 Å². The largest absolute Gasteiger partial charge is 1.00 e. The molecule has 1 fully saturated rings. The van der Waals surface area contributed by atoms with Gasteiger partial charge in [-0.15, -0.1) is 5.75 Å². The first kappa shape index (κ1) is 30.8. The Bertz CT molecular complexity index is 987. The molecule has 0 saturated carbocycles. The quantitative estimate of drug-likeness (QED) is 0.290. The molecule has 203 valence electrons. The molecule has 3 aromatic rings. The van der Waals surface area contributed by atoms with Crippen molar-refractivity contribution in [1.29, 1.82) is 0 Å². The normalized spacial score (nSPS) is 13.3. The van der Waals surface area contributed by atoms with Crippen molar-refractivity contribution in [2.75, 3.05) is 22.9 Å². The van der Waals surface area contributed by atoms with E-state index in [1.165, 1.54) is 45.8 Å². The van der Waals surface area contributed by atoms with Gasteiger partial charge in [-0.3, -0.25) is 0 Å². The monoisotopic (exact) mass is 547 g/mol. The molecule has 0 aliphatic carbocycles. The van der Waals surface area contributed by atoms with Crippen LogP contribution in [0, 0.1) is 6.67 Å². The maximum Gasteiger partial charge on any atom is 1.00 e. The fourth-order valence-corrected chi connectivity index (χ4v) is 4.95. The van der Waals surface area contributed by atoms with Gasteiger partial charge in [-0.2, -0.15) is 0 Å². The van der Waals surface area contributed by atoms with Crippen LogP contribution in [0.2, 0.25) is 0 Å². The summed E-state index contributed by atoms with van der Waals surface area (Å²) in [5.41, 5.74) is 8.67. The summed E-state index contributed by atoms with van der Waals surface area (Å²) in [4.78, 5) is 5.01. The van der Waals surface area contributed by atoms with Gasteiger partial charge in [-0.05, 0) is 45.9 Å². The number of benzene rings is 3. The van der Waals surface area contributed by atoms with E-state index in [9.17, 15) is 5.11 Å². The van der Waals surface area contributed by atoms with E-state index >= 15 is 0 Å². The Kier molecular flexibility index (Phi) is 11.6. The number of para-hydroxylation sites is 3. The summed E-state index contributed by atoms with van der Waals surface area (Å²) >= 11 is 0. The molecule has 3 nitrogen and oxygen atoms in total. The van der Waals surface area contributed by atoms with Crippen molar-refractivity contribution in [2.24, 2.45) is 0 Å². The van der Waals surface area contributed by atoms with Crippen molar-refractivity contribution in [2.45, 2.75) is 79.1 Å². The Morgan fingerprint density at radius 3 is 1.08 bits per heavy atom. The van der Waals surface area contributed by atoms with Crippen molar-refractivity contribution in [3.05, 3.63) is 95.7 Å². The van der Waals surface area contributed by atoms with Gasteiger partial charge in [-0.1, -0.05) is 122 Å². The van der Waals surface area contributed by atoms with Crippen molar-refractivity contribution < 1.29 is 22.2 Å². The molecule has 37 heavy (non-hydrogen) atoms. The van der Waals surface area contributed by atoms with Crippen LogP contribution in [0.3, 0.4) is 0 Å². The Morgan fingerprint density at radius 2 is 0.838 bits per heavy atom. The first-order chi connectivity index (χ1) is 17.1. The van der Waals surface area contributed by atoms with Crippen LogP contribution >= 0.6 is 0 Å². The summed E-state index contributed by atoms with van der Waals surface area (Å²) < 4.78 is 0. The number of hydrogen-bond donors (Lipinski definition) is 0. The number of hydrogen-bond acceptors (Lipinski definition) is 3. The van der Waals surface area contributed by atoms with Gasteiger partial charge in [0.1, 0.15) is 6.67 Å². The molecule has 0 amide bonds. The molecule has 1 saturated heterocycles. The summed E-state index contributed by atoms with van der Waals surface area (Å²) in [5.74, 6) is 2.13. The molecule has 4 heteroatoms. The predicted octanol–water partition coefficient (Wildman–Crippen LogP) is 8.38. The van der Waals surface area contributed by atoms with E-state index in [0.29, 0.717) is 23.7 Å². The molecule has 3 aromatic carbocycles. The van der Waals surface area contributed by atoms with Crippen LogP contribution in [0.4, 0.5) is 11.4 Å². The molecule has 1 aliphatic heterocycles. The van der Waals surface area contributed by atoms with Crippen LogP contribution in [0.1, 0.15) is 101 Å². The zero-order valence-electron chi connectivity index (χ0n) is 23.8. The maximum absolute atomic E-state index is 10.3. The summed E-state index contributed by atoms with van der Waals surface area (Å²) in [5, 5.41) is 10.3. The minimum Gasteiger partial charge on any atom is -0.872 e. The van der Waals surface area contributed by atoms with Crippen LogP contribution in [-0.4, -0.2) is 13.1 Å². The van der Waals surface area contributed by atoms with E-state index in [2.05, 4.69) is 108 Å². The SMILES string of the molecule is CC(C)c1cccc(C(C)C)c1N1[CH]N(c2c(C(C)C)cccc2C(C)C)CC1.[Cu+].[O-]c1ccccc1. The van der Waals surface area contributed by atoms with Crippen LogP contribution in [0.5, 0.6) is 5.75 Å². The Labute approximate surface area is 236 Å². The molecule has 1 radical (unpaired) electrons. The van der Waals surface area contributed by atoms with Gasteiger partial charge in [0.2, 0.25) is 0 Å². The molecular formula is C33H44CuN2O. The summed E-state index contributed by atoms with van der Waals surface area (Å²) in [6.45, 7) is 22.9. The predicted molar refractivity (Wildman–Crippen MR) is 154 cm³/mol. The number of nitrogens with zero attached hydrogens (tertiary/aromatic N) is 2. The second-order valence-corrected chi connectivity index (χ2v) is 11.0. The van der Waals surface area contributed by atoms with E-state index < -0.39 is 0 Å². The molecule has 0 aromatic heterocycles. The fraction of sp³-hybridized carbons (Fsp3) is 0.424. The van der Waals surface area contributed by atoms with Gasteiger partial charge < -0.3 is 14.9 Å². The van der Waals surface area contributed by atoms with Crippen LogP contribution < -0.4 is 14.9 Å². The smallest absolute Gasteiger partial charge is 0.872 e. The molecule has 0 N–H and O–H groups in total. The van der Waals surface area contributed by atoms with E-state index in [-0.39, 0.29) is 22.8 Å². The average Bonchev–Trinajstić information content (AvgIpc) is 3.33. The Morgan fingerprint density at radius 1 is 0.514 bits per heavy atom. The second kappa shape index (κ2) is 13.9. The first-order valence-corrected chi connectivity index (χ1v) is 13.5. The molecule has 0 spiro atoms. The van der Waals surface area contributed by atoms with E-state index in [0.717, 1.165) is 13.1 Å². The Balaban J connectivity index is 0.000000520. The third-order valence-corrected chi connectivity index (χ3v) is 6.86. The van der Waals surface area contributed by atoms with Gasteiger partial charge in [0.05, 0.1) is 0 Å². The zero-order chi connectivity index (χ0) is 26.4. The van der Waals surface area contributed by atoms with E-state index in [1.807, 2.05) is 6.07 Å². The third kappa shape index (κ3) is 7.55. The van der Waals surface area contributed by atoms with Crippen molar-refractivity contribution >= 4 is 11.4 Å². The van der Waals surface area contributed by atoms with Gasteiger partial charge in [-0.25, -0.2) is 0 Å². The molecule has 1 aliphatic rings. The Hall–Kier alpha value is -2.42. The van der Waals surface area contributed by atoms with Crippen LogP contribution in [0.25, 0.3) is 0 Å². The minimum atomic E-state index is 0. The van der Waals surface area contributed by atoms with E-state index in [1.54, 1.807) is 12.1 Å². The van der Waals surface area contributed by atoms with Crippen LogP contribution in [0.15, 0.2) is 66.7 Å². The van der Waals surface area contributed by atoms with Crippen molar-refractivity contribution in [3.8, 4) is 5.75 Å². The average molecular weight is 548 g/mol. The maximum atomic E-state index is 10.3. The van der Waals surface area contributed by atoms with Crippen LogP contribution in [-0.2, 0) is 17.1 Å². The minimum absolute atomic E-state index is 0. The number of rotatable bonds is 6. The molecule has 1 heterocycles. The molecular weight excluding hydrogens is 504 g/mol. The molecule has 4 rings (SSSR count). The molecule has 0 atom stereocenters. The van der Waals surface area contributed by atoms with E-state index in [4.69, 9.17) is 0 Å². The van der Waals surface area contributed by atoms with Crippen molar-refractivity contribution in [3.63, 3.8) is 0 Å². The zero-order valence-corrected chi connectivity index (χ0v) is 24.7. The second-order valence-electron chi connectivity index (χ2n) is 11.0. The molecule has 0 unspecified atom stereocenters. The summed E-state index contributed by atoms with van der Waals surface area (Å²) in [7, 11) is 0.